The van der Waals surface area contributed by atoms with Crippen molar-refractivity contribution in [3.8, 4) is 23.2 Å². The molecule has 0 unspecified atom stereocenters. The first-order valence-electron chi connectivity index (χ1n) is 17.3. The lowest BCUT2D eigenvalue weighted by Crippen LogP contribution is -2.50. The fourth-order valence-electron chi connectivity index (χ4n) is 9.00. The number of halogens is 4. The molecule has 17 heteroatoms. The second-order valence-electron chi connectivity index (χ2n) is 14.3. The van der Waals surface area contributed by atoms with Crippen molar-refractivity contribution in [3.05, 3.63) is 65.0 Å². The Kier molecular flexibility index (Phi) is 8.02. The average molecular weight is 761 g/mol. The molecule has 4 aliphatic heterocycles. The first-order chi connectivity index (χ1) is 25.6. The van der Waals surface area contributed by atoms with Gasteiger partial charge >= 0.3 is 12.0 Å². The standard InChI is InChI=1S/C36H32ClF3N10O2S/c37-24-11-22-29(28(40)27(24)21-3-4-25(39)30-26(21)23(14-41)31(42)53-30)45-33(52-17-36-6-1-8-48(36)15-20(12-36)13-38)46-32(22)47-10-7-35(16-47)5-2-9-49(35)34(51)50-19-43-18-44-50/h3-4,11,13,18-19H,1-2,5-10,12,15-17,42H2/b20-13+/t35-,36-/m0/s1. The van der Waals surface area contributed by atoms with Crippen LogP contribution in [0.3, 0.4) is 0 Å². The smallest absolute Gasteiger partial charge is 0.346 e. The lowest BCUT2D eigenvalue weighted by Gasteiger charge is -2.34. The molecule has 2 aromatic carbocycles. The van der Waals surface area contributed by atoms with Crippen LogP contribution in [0.4, 0.5) is 28.8 Å². The maximum absolute atomic E-state index is 17.2. The second-order valence-corrected chi connectivity index (χ2v) is 15.7. The van der Waals surface area contributed by atoms with Gasteiger partial charge in [0.05, 0.1) is 32.7 Å². The summed E-state index contributed by atoms with van der Waals surface area (Å²) < 4.78 is 53.6. The molecule has 2 atom stereocenters. The first kappa shape index (κ1) is 33.8. The van der Waals surface area contributed by atoms with Crippen LogP contribution in [0.2, 0.25) is 5.02 Å². The number of anilines is 2. The number of carbonyl (C=O) groups excluding carboxylic acids is 1. The van der Waals surface area contributed by atoms with Crippen LogP contribution in [-0.4, -0.2) is 91.0 Å². The van der Waals surface area contributed by atoms with Crippen molar-refractivity contribution in [2.24, 2.45) is 0 Å². The lowest BCUT2D eigenvalue weighted by molar-refractivity contribution is 0.108. The lowest BCUT2D eigenvalue weighted by atomic mass is 9.94. The summed E-state index contributed by atoms with van der Waals surface area (Å²) in [6, 6.07) is 5.85. The van der Waals surface area contributed by atoms with Crippen LogP contribution in [0.15, 0.2) is 42.8 Å². The van der Waals surface area contributed by atoms with Gasteiger partial charge in [0.2, 0.25) is 0 Å². The number of ether oxygens (including phenoxy) is 1. The van der Waals surface area contributed by atoms with Gasteiger partial charge < -0.3 is 20.3 Å². The highest BCUT2D eigenvalue weighted by molar-refractivity contribution is 7.23. The largest absolute Gasteiger partial charge is 0.461 e. The Morgan fingerprint density at radius 3 is 2.81 bits per heavy atom. The summed E-state index contributed by atoms with van der Waals surface area (Å²) in [5.41, 5.74) is 5.91. The van der Waals surface area contributed by atoms with Gasteiger partial charge in [-0.1, -0.05) is 17.7 Å². The number of nitrogens with two attached hydrogens (primary N) is 1. The van der Waals surface area contributed by atoms with E-state index in [0.29, 0.717) is 62.1 Å². The number of nitriles is 1. The van der Waals surface area contributed by atoms with E-state index in [9.17, 15) is 18.8 Å². The minimum Gasteiger partial charge on any atom is -0.461 e. The molecular weight excluding hydrogens is 729 g/mol. The zero-order chi connectivity index (χ0) is 36.6. The maximum atomic E-state index is 17.2. The minimum atomic E-state index is -0.801. The Morgan fingerprint density at radius 1 is 1.17 bits per heavy atom. The predicted molar refractivity (Wildman–Crippen MR) is 194 cm³/mol. The van der Waals surface area contributed by atoms with Crippen LogP contribution in [-0.2, 0) is 0 Å². The summed E-state index contributed by atoms with van der Waals surface area (Å²) in [7, 11) is 0. The number of likely N-dealkylation sites (tertiary alicyclic amines) is 1. The normalized spacial score (nSPS) is 23.6. The van der Waals surface area contributed by atoms with Crippen LogP contribution in [0.25, 0.3) is 32.1 Å². The number of amides is 1. The van der Waals surface area contributed by atoms with E-state index < -0.39 is 22.7 Å². The summed E-state index contributed by atoms with van der Waals surface area (Å²) in [6.07, 6.45) is 7.79. The zero-order valence-electron chi connectivity index (χ0n) is 28.3. The highest BCUT2D eigenvalue weighted by Gasteiger charge is 2.50. The molecule has 2 N–H and O–H groups in total. The number of hydrogen-bond donors (Lipinski definition) is 1. The third-order valence-electron chi connectivity index (χ3n) is 11.4. The molecule has 4 saturated heterocycles. The summed E-state index contributed by atoms with van der Waals surface area (Å²) in [5, 5.41) is 14.6. The Labute approximate surface area is 310 Å². The van der Waals surface area contributed by atoms with Gasteiger partial charge in [-0.25, -0.2) is 22.9 Å². The molecule has 0 saturated carbocycles. The Balaban J connectivity index is 1.17. The van der Waals surface area contributed by atoms with Crippen LogP contribution < -0.4 is 15.4 Å². The molecular formula is C36H32ClF3N10O2S. The van der Waals surface area contributed by atoms with E-state index in [4.69, 9.17) is 27.1 Å². The number of hydrogen-bond acceptors (Lipinski definition) is 11. The molecule has 272 valence electrons. The monoisotopic (exact) mass is 760 g/mol. The number of rotatable bonds is 5. The molecule has 4 aliphatic rings. The fraction of sp³-hybridized carbons (Fsp3) is 0.389. The van der Waals surface area contributed by atoms with Crippen LogP contribution >= 0.6 is 22.9 Å². The first-order valence-corrected chi connectivity index (χ1v) is 18.5. The molecule has 7 heterocycles. The van der Waals surface area contributed by atoms with Crippen LogP contribution in [0.5, 0.6) is 6.01 Å². The number of thiophene rings is 1. The van der Waals surface area contributed by atoms with Crippen molar-refractivity contribution in [1.29, 1.82) is 5.26 Å². The van der Waals surface area contributed by atoms with Gasteiger partial charge in [-0.05, 0) is 68.3 Å². The van der Waals surface area contributed by atoms with E-state index in [0.717, 1.165) is 43.6 Å². The summed E-state index contributed by atoms with van der Waals surface area (Å²) in [6.45, 7) is 2.94. The van der Waals surface area contributed by atoms with Crippen molar-refractivity contribution in [3.63, 3.8) is 0 Å². The third-order valence-corrected chi connectivity index (χ3v) is 12.8. The van der Waals surface area contributed by atoms with Gasteiger partial charge in [0.25, 0.3) is 0 Å². The molecule has 4 fully saturated rings. The average Bonchev–Trinajstić information content (AvgIpc) is 4.00. The van der Waals surface area contributed by atoms with Crippen molar-refractivity contribution in [2.75, 3.05) is 50.0 Å². The van der Waals surface area contributed by atoms with E-state index in [1.807, 2.05) is 15.9 Å². The highest BCUT2D eigenvalue weighted by Crippen LogP contribution is 2.47. The highest BCUT2D eigenvalue weighted by atomic mass is 35.5. The quantitative estimate of drug-likeness (QED) is 0.206. The van der Waals surface area contributed by atoms with Gasteiger partial charge in [0.15, 0.2) is 5.82 Å². The SMILES string of the molecule is N#Cc1c(N)sc2c(F)ccc(-c3c(Cl)cc4c(N5CC[C@@]6(CCCN6C(=O)n6cncn6)C5)nc(OC[C@@]56CCCN5C/C(=C/F)C6)nc4c3F)c12. The summed E-state index contributed by atoms with van der Waals surface area (Å²) >= 11 is 7.83. The number of fused-ring (bicyclic) bond motifs is 3. The molecule has 0 radical (unpaired) electrons. The number of nitrogens with zero attached hydrogens (tertiary/aromatic N) is 9. The Bertz CT molecular complexity index is 2400. The third kappa shape index (κ3) is 5.23. The van der Waals surface area contributed by atoms with Crippen molar-refractivity contribution in [2.45, 2.75) is 49.6 Å². The summed E-state index contributed by atoms with van der Waals surface area (Å²) in [5.74, 6) is -1.01. The van der Waals surface area contributed by atoms with E-state index in [-0.39, 0.29) is 61.0 Å². The van der Waals surface area contributed by atoms with Gasteiger partial charge in [0.1, 0.15) is 47.5 Å². The van der Waals surface area contributed by atoms with Gasteiger partial charge in [-0.15, -0.1) is 11.3 Å². The Morgan fingerprint density at radius 2 is 2.02 bits per heavy atom. The number of benzene rings is 2. The van der Waals surface area contributed by atoms with Crippen LogP contribution in [0.1, 0.15) is 44.1 Å². The molecule has 0 bridgehead atoms. The molecule has 12 nitrogen and oxygen atoms in total. The number of carbonyl (C=O) groups is 1. The molecule has 1 amide bonds. The van der Waals surface area contributed by atoms with E-state index in [2.05, 4.69) is 20.0 Å². The predicted octanol–water partition coefficient (Wildman–Crippen LogP) is 6.67. The zero-order valence-corrected chi connectivity index (χ0v) is 29.9. The van der Waals surface area contributed by atoms with Crippen LogP contribution in [0, 0.1) is 23.0 Å². The molecule has 0 aliphatic carbocycles. The Hall–Kier alpha value is -4.98. The van der Waals surface area contributed by atoms with E-state index in [1.165, 1.54) is 29.5 Å². The topological polar surface area (TPSA) is 142 Å². The van der Waals surface area contributed by atoms with Gasteiger partial charge in [0, 0.05) is 42.5 Å². The maximum Gasteiger partial charge on any atom is 0.346 e. The molecule has 9 rings (SSSR count). The van der Waals surface area contributed by atoms with E-state index in [1.54, 1.807) is 6.07 Å². The summed E-state index contributed by atoms with van der Waals surface area (Å²) in [4.78, 5) is 33.0. The van der Waals surface area contributed by atoms with Crippen molar-refractivity contribution < 1.29 is 22.7 Å². The molecule has 1 spiro atoms. The number of nitrogen functional groups attached to an aromatic ring is 1. The molecule has 53 heavy (non-hydrogen) atoms. The minimum absolute atomic E-state index is 0.00447. The fourth-order valence-corrected chi connectivity index (χ4v) is 10.2. The number of aromatic nitrogens is 5. The second kappa shape index (κ2) is 12.6. The van der Waals surface area contributed by atoms with Crippen molar-refractivity contribution >= 4 is 60.8 Å². The van der Waals surface area contributed by atoms with E-state index >= 15 is 4.39 Å². The molecule has 5 aromatic rings. The van der Waals surface area contributed by atoms with Gasteiger partial charge in [-0.2, -0.15) is 25.0 Å². The molecule has 3 aromatic heterocycles. The van der Waals surface area contributed by atoms with Gasteiger partial charge in [-0.3, -0.25) is 4.90 Å². The van der Waals surface area contributed by atoms with Crippen molar-refractivity contribution in [1.82, 2.24) is 34.5 Å².